The third-order valence-electron chi connectivity index (χ3n) is 4.01. The van der Waals surface area contributed by atoms with E-state index < -0.39 is 18.5 Å². The lowest BCUT2D eigenvalue weighted by Crippen LogP contribution is -2.21. The molecule has 0 bridgehead atoms. The number of thiazole rings is 1. The first-order valence-corrected chi connectivity index (χ1v) is 10.4. The number of carbonyl (C=O) groups excluding carboxylic acids is 3. The molecule has 2 amide bonds. The van der Waals surface area contributed by atoms with Crippen LogP contribution in [0.2, 0.25) is 0 Å². The van der Waals surface area contributed by atoms with Crippen molar-refractivity contribution in [1.29, 1.82) is 0 Å². The first kappa shape index (κ1) is 22.8. The monoisotopic (exact) mass is 455 g/mol. The molecule has 3 rings (SSSR count). The lowest BCUT2D eigenvalue weighted by molar-refractivity contribution is -0.119. The van der Waals surface area contributed by atoms with Crippen LogP contribution in [0.4, 0.5) is 10.8 Å². The van der Waals surface area contributed by atoms with Gasteiger partial charge in [0.25, 0.3) is 11.8 Å². The maximum Gasteiger partial charge on any atom is 0.338 e. The molecule has 1 aromatic heterocycles. The van der Waals surface area contributed by atoms with Crippen LogP contribution in [0.5, 0.6) is 11.5 Å². The fourth-order valence-corrected chi connectivity index (χ4v) is 3.22. The highest BCUT2D eigenvalue weighted by Gasteiger charge is 2.12. The summed E-state index contributed by atoms with van der Waals surface area (Å²) in [4.78, 5) is 40.1. The van der Waals surface area contributed by atoms with Crippen LogP contribution in [0.1, 0.15) is 16.1 Å². The van der Waals surface area contributed by atoms with E-state index in [0.29, 0.717) is 22.3 Å². The van der Waals surface area contributed by atoms with E-state index in [9.17, 15) is 14.4 Å². The number of methoxy groups -OCH3 is 1. The van der Waals surface area contributed by atoms with Gasteiger partial charge in [-0.1, -0.05) is 6.07 Å². The maximum absolute atomic E-state index is 12.1. The van der Waals surface area contributed by atoms with Gasteiger partial charge in [-0.15, -0.1) is 11.3 Å². The van der Waals surface area contributed by atoms with Crippen molar-refractivity contribution in [3.63, 3.8) is 0 Å². The van der Waals surface area contributed by atoms with Gasteiger partial charge in [0.15, 0.2) is 18.3 Å². The molecule has 2 aromatic carbocycles. The van der Waals surface area contributed by atoms with Gasteiger partial charge in [-0.3, -0.25) is 14.9 Å². The second-order valence-corrected chi connectivity index (χ2v) is 7.37. The number of rotatable bonds is 9. The predicted molar refractivity (Wildman–Crippen MR) is 119 cm³/mol. The molecule has 0 aliphatic heterocycles. The van der Waals surface area contributed by atoms with E-state index in [1.54, 1.807) is 36.8 Å². The number of esters is 1. The van der Waals surface area contributed by atoms with Crippen molar-refractivity contribution < 1.29 is 28.6 Å². The van der Waals surface area contributed by atoms with Gasteiger partial charge in [-0.25, -0.2) is 9.78 Å². The average Bonchev–Trinajstić information content (AvgIpc) is 3.20. The van der Waals surface area contributed by atoms with E-state index in [2.05, 4.69) is 15.6 Å². The fraction of sp³-hybridized carbons (Fsp3) is 0.182. The van der Waals surface area contributed by atoms with Crippen LogP contribution in [-0.2, 0) is 14.3 Å². The fourth-order valence-electron chi connectivity index (χ4n) is 2.52. The van der Waals surface area contributed by atoms with Gasteiger partial charge in [-0.2, -0.15) is 0 Å². The summed E-state index contributed by atoms with van der Waals surface area (Å²) in [6.45, 7) is 1.17. The van der Waals surface area contributed by atoms with Crippen LogP contribution in [-0.4, -0.2) is 43.1 Å². The van der Waals surface area contributed by atoms with Crippen LogP contribution in [0.15, 0.2) is 53.9 Å². The number of benzene rings is 2. The molecular formula is C22H21N3O6S. The number of carbonyl (C=O) groups is 3. The Bertz CT molecular complexity index is 1100. The molecule has 0 spiro atoms. The highest BCUT2D eigenvalue weighted by Crippen LogP contribution is 2.17. The molecule has 32 heavy (non-hydrogen) atoms. The summed E-state index contributed by atoms with van der Waals surface area (Å²) >= 11 is 1.29. The Balaban J connectivity index is 1.43. The van der Waals surface area contributed by atoms with Crippen molar-refractivity contribution in [2.45, 2.75) is 6.92 Å². The van der Waals surface area contributed by atoms with E-state index in [1.807, 2.05) is 6.92 Å². The summed E-state index contributed by atoms with van der Waals surface area (Å²) in [6.07, 6.45) is 0. The molecule has 0 unspecified atom stereocenters. The van der Waals surface area contributed by atoms with Gasteiger partial charge in [0.05, 0.1) is 18.4 Å². The predicted octanol–water partition coefficient (Wildman–Crippen LogP) is 3.27. The number of ether oxygens (including phenoxy) is 3. The second kappa shape index (κ2) is 10.9. The minimum atomic E-state index is -0.655. The molecule has 0 radical (unpaired) electrons. The van der Waals surface area contributed by atoms with Gasteiger partial charge in [0.2, 0.25) is 0 Å². The molecule has 0 atom stereocenters. The normalized spacial score (nSPS) is 10.2. The largest absolute Gasteiger partial charge is 0.497 e. The quantitative estimate of drug-likeness (QED) is 0.476. The van der Waals surface area contributed by atoms with Crippen LogP contribution >= 0.6 is 11.3 Å². The molecule has 0 aliphatic rings. The molecule has 1 heterocycles. The SMILES string of the molecule is COc1cccc(NC(=O)COc2ccc(C(=O)OCC(=O)Nc3nc(C)cs3)cc2)c1. The number of aryl methyl sites for hydroxylation is 1. The zero-order chi connectivity index (χ0) is 22.9. The minimum absolute atomic E-state index is 0.211. The Hall–Kier alpha value is -3.92. The third-order valence-corrected chi connectivity index (χ3v) is 4.89. The number of aromatic nitrogens is 1. The average molecular weight is 455 g/mol. The molecule has 3 aromatic rings. The zero-order valence-corrected chi connectivity index (χ0v) is 18.2. The van der Waals surface area contributed by atoms with Gasteiger partial charge in [0.1, 0.15) is 11.5 Å². The highest BCUT2D eigenvalue weighted by atomic mass is 32.1. The molecule has 0 fully saturated rings. The summed E-state index contributed by atoms with van der Waals surface area (Å²) in [5.74, 6) is -0.447. The lowest BCUT2D eigenvalue weighted by Gasteiger charge is -2.09. The van der Waals surface area contributed by atoms with E-state index in [1.165, 1.54) is 35.6 Å². The second-order valence-electron chi connectivity index (χ2n) is 6.51. The first-order chi connectivity index (χ1) is 15.4. The van der Waals surface area contributed by atoms with Crippen LogP contribution in [0.25, 0.3) is 0 Å². The Morgan fingerprint density at radius 2 is 1.72 bits per heavy atom. The third kappa shape index (κ3) is 6.81. The number of amides is 2. The van der Waals surface area contributed by atoms with Crippen molar-refractivity contribution in [2.24, 2.45) is 0 Å². The molecule has 0 aliphatic carbocycles. The molecule has 0 saturated carbocycles. The Morgan fingerprint density at radius 3 is 2.41 bits per heavy atom. The number of nitrogens with one attached hydrogen (secondary N) is 2. The molecule has 10 heteroatoms. The molecule has 2 N–H and O–H groups in total. The van der Waals surface area contributed by atoms with E-state index >= 15 is 0 Å². The summed E-state index contributed by atoms with van der Waals surface area (Å²) in [5.41, 5.74) is 1.63. The maximum atomic E-state index is 12.1. The van der Waals surface area contributed by atoms with Gasteiger partial charge < -0.3 is 19.5 Å². The zero-order valence-electron chi connectivity index (χ0n) is 17.4. The van der Waals surface area contributed by atoms with Gasteiger partial charge in [-0.05, 0) is 43.3 Å². The first-order valence-electron chi connectivity index (χ1n) is 9.49. The number of anilines is 2. The summed E-state index contributed by atoms with van der Waals surface area (Å²) in [7, 11) is 1.54. The van der Waals surface area contributed by atoms with Crippen molar-refractivity contribution in [1.82, 2.24) is 4.98 Å². The van der Waals surface area contributed by atoms with E-state index in [-0.39, 0.29) is 18.1 Å². The van der Waals surface area contributed by atoms with E-state index in [0.717, 1.165) is 5.69 Å². The lowest BCUT2D eigenvalue weighted by atomic mass is 10.2. The number of nitrogens with zero attached hydrogens (tertiary/aromatic N) is 1. The highest BCUT2D eigenvalue weighted by molar-refractivity contribution is 7.13. The van der Waals surface area contributed by atoms with Crippen molar-refractivity contribution in [3.05, 3.63) is 65.2 Å². The smallest absolute Gasteiger partial charge is 0.338 e. The van der Waals surface area contributed by atoms with Crippen LogP contribution in [0.3, 0.4) is 0 Å². The van der Waals surface area contributed by atoms with Crippen LogP contribution < -0.4 is 20.1 Å². The topological polar surface area (TPSA) is 116 Å². The van der Waals surface area contributed by atoms with Gasteiger partial charge >= 0.3 is 5.97 Å². The number of hydrogen-bond donors (Lipinski definition) is 2. The molecule has 166 valence electrons. The standard InChI is InChI=1S/C22H21N3O6S/c1-14-13-32-22(23-14)25-20(27)12-31-21(28)15-6-8-17(9-7-15)30-11-19(26)24-16-4-3-5-18(10-16)29-2/h3-10,13H,11-12H2,1-2H3,(H,24,26)(H,23,25,27). The van der Waals surface area contributed by atoms with Gasteiger partial charge in [0, 0.05) is 17.1 Å². The summed E-state index contributed by atoms with van der Waals surface area (Å²) < 4.78 is 15.5. The van der Waals surface area contributed by atoms with Crippen molar-refractivity contribution in [2.75, 3.05) is 31.0 Å². The molecule has 0 saturated heterocycles. The van der Waals surface area contributed by atoms with Crippen molar-refractivity contribution >= 4 is 39.9 Å². The van der Waals surface area contributed by atoms with E-state index in [4.69, 9.17) is 14.2 Å². The molecule has 9 nitrogen and oxygen atoms in total. The minimum Gasteiger partial charge on any atom is -0.497 e. The molecular weight excluding hydrogens is 434 g/mol. The Labute approximate surface area is 188 Å². The van der Waals surface area contributed by atoms with Crippen molar-refractivity contribution in [3.8, 4) is 11.5 Å². The Kier molecular flexibility index (Phi) is 7.76. The Morgan fingerprint density at radius 1 is 0.969 bits per heavy atom. The summed E-state index contributed by atoms with van der Waals surface area (Å²) in [6, 6.07) is 13.0. The summed E-state index contributed by atoms with van der Waals surface area (Å²) in [5, 5.41) is 7.50. The van der Waals surface area contributed by atoms with Crippen LogP contribution in [0, 0.1) is 6.92 Å². The number of hydrogen-bond acceptors (Lipinski definition) is 8.